The molecule has 0 aliphatic rings. The van der Waals surface area contributed by atoms with Crippen LogP contribution < -0.4 is 10.6 Å². The van der Waals surface area contributed by atoms with Crippen LogP contribution in [0.1, 0.15) is 14.7 Å². The Bertz CT molecular complexity index is 1170. The zero-order valence-corrected chi connectivity index (χ0v) is 18.6. The number of benzene rings is 1. The molecular formula is C20H19N5O2S3. The number of para-hydroxylation sites is 1. The molecule has 0 radical (unpaired) electrons. The van der Waals surface area contributed by atoms with Gasteiger partial charge in [-0.05, 0) is 24.4 Å². The Kier molecular flexibility index (Phi) is 6.46. The van der Waals surface area contributed by atoms with Gasteiger partial charge in [-0.3, -0.25) is 14.9 Å². The van der Waals surface area contributed by atoms with Gasteiger partial charge >= 0.3 is 0 Å². The molecule has 30 heavy (non-hydrogen) atoms. The van der Waals surface area contributed by atoms with Crippen molar-refractivity contribution in [2.75, 3.05) is 17.6 Å². The van der Waals surface area contributed by atoms with E-state index in [1.165, 1.54) is 34.4 Å². The maximum atomic E-state index is 12.3. The summed E-state index contributed by atoms with van der Waals surface area (Å²) in [6.07, 6.45) is 2.04. The summed E-state index contributed by atoms with van der Waals surface area (Å²) in [5.74, 6) is 0.109. The Hall–Kier alpha value is -2.69. The zero-order valence-electron chi connectivity index (χ0n) is 16.1. The molecule has 0 aliphatic carbocycles. The fraction of sp³-hybridized carbons (Fsp3) is 0.200. The van der Waals surface area contributed by atoms with Gasteiger partial charge in [0.15, 0.2) is 0 Å². The molecular weight excluding hydrogens is 438 g/mol. The highest BCUT2D eigenvalue weighted by molar-refractivity contribution is 8.00. The molecule has 3 aromatic heterocycles. The van der Waals surface area contributed by atoms with Gasteiger partial charge in [0.1, 0.15) is 5.01 Å². The van der Waals surface area contributed by atoms with Crippen LogP contribution in [-0.4, -0.2) is 38.9 Å². The van der Waals surface area contributed by atoms with Gasteiger partial charge in [0.2, 0.25) is 11.0 Å². The molecule has 0 unspecified atom stereocenters. The lowest BCUT2D eigenvalue weighted by atomic mass is 10.2. The van der Waals surface area contributed by atoms with Crippen molar-refractivity contribution in [3.05, 3.63) is 57.9 Å². The van der Waals surface area contributed by atoms with E-state index in [4.69, 9.17) is 0 Å². The number of anilines is 1. The number of amides is 2. The predicted octanol–water partition coefficient (Wildman–Crippen LogP) is 4.02. The van der Waals surface area contributed by atoms with Crippen LogP contribution in [-0.2, 0) is 11.3 Å². The normalized spacial score (nSPS) is 11.0. The monoisotopic (exact) mass is 457 g/mol. The van der Waals surface area contributed by atoms with E-state index >= 15 is 0 Å². The van der Waals surface area contributed by atoms with E-state index < -0.39 is 0 Å². The van der Waals surface area contributed by atoms with Crippen molar-refractivity contribution in [2.45, 2.75) is 18.4 Å². The number of rotatable bonds is 8. The molecule has 0 fully saturated rings. The summed E-state index contributed by atoms with van der Waals surface area (Å²) in [4.78, 5) is 26.1. The maximum Gasteiger partial charge on any atom is 0.261 e. The third kappa shape index (κ3) is 4.89. The number of hydrogen-bond acceptors (Lipinski definition) is 7. The van der Waals surface area contributed by atoms with Crippen LogP contribution in [0.5, 0.6) is 0 Å². The smallest absolute Gasteiger partial charge is 0.261 e. The SMILES string of the molecule is Cc1nnc(NC(=O)CSc2cn(CCNC(=O)c3cccs3)c3ccccc23)s1. The van der Waals surface area contributed by atoms with E-state index in [1.54, 1.807) is 0 Å². The van der Waals surface area contributed by atoms with Crippen LogP contribution in [0, 0.1) is 6.92 Å². The number of fused-ring (bicyclic) bond motifs is 1. The van der Waals surface area contributed by atoms with Crippen molar-refractivity contribution < 1.29 is 9.59 Å². The Balaban J connectivity index is 1.39. The molecule has 0 bridgehead atoms. The van der Waals surface area contributed by atoms with E-state index in [2.05, 4.69) is 25.4 Å². The minimum atomic E-state index is -0.115. The van der Waals surface area contributed by atoms with Gasteiger partial charge < -0.3 is 9.88 Å². The number of thioether (sulfide) groups is 1. The summed E-state index contributed by atoms with van der Waals surface area (Å²) in [6.45, 7) is 3.02. The van der Waals surface area contributed by atoms with Gasteiger partial charge in [0.25, 0.3) is 5.91 Å². The number of hydrogen-bond donors (Lipinski definition) is 2. The fourth-order valence-corrected chi connectivity index (χ4v) is 5.08. The van der Waals surface area contributed by atoms with E-state index in [9.17, 15) is 9.59 Å². The van der Waals surface area contributed by atoms with Gasteiger partial charge in [-0.25, -0.2) is 0 Å². The minimum Gasteiger partial charge on any atom is -0.350 e. The predicted molar refractivity (Wildman–Crippen MR) is 123 cm³/mol. The molecule has 0 saturated carbocycles. The summed E-state index contributed by atoms with van der Waals surface area (Å²) in [6, 6.07) is 11.7. The number of carbonyl (C=O) groups is 2. The molecule has 2 amide bonds. The Morgan fingerprint density at radius 2 is 2.03 bits per heavy atom. The molecule has 3 heterocycles. The molecule has 10 heteroatoms. The molecule has 0 atom stereocenters. The average molecular weight is 458 g/mol. The van der Waals surface area contributed by atoms with Gasteiger partial charge in [0, 0.05) is 35.1 Å². The summed E-state index contributed by atoms with van der Waals surface area (Å²) in [7, 11) is 0. The molecule has 0 aliphatic heterocycles. The third-order valence-electron chi connectivity index (χ3n) is 4.27. The number of nitrogens with one attached hydrogen (secondary N) is 2. The van der Waals surface area contributed by atoms with Crippen LogP contribution in [0.4, 0.5) is 5.13 Å². The van der Waals surface area contributed by atoms with E-state index in [0.717, 1.165) is 20.8 Å². The van der Waals surface area contributed by atoms with Crippen LogP contribution in [0.3, 0.4) is 0 Å². The number of carbonyl (C=O) groups excluding carboxylic acids is 2. The van der Waals surface area contributed by atoms with Crippen LogP contribution in [0.2, 0.25) is 0 Å². The lowest BCUT2D eigenvalue weighted by molar-refractivity contribution is -0.113. The van der Waals surface area contributed by atoms with Crippen LogP contribution >= 0.6 is 34.4 Å². The van der Waals surface area contributed by atoms with Crippen LogP contribution in [0.15, 0.2) is 52.9 Å². The Morgan fingerprint density at radius 3 is 2.80 bits per heavy atom. The van der Waals surface area contributed by atoms with Crippen LogP contribution in [0.25, 0.3) is 10.9 Å². The fourth-order valence-electron chi connectivity index (χ4n) is 2.94. The maximum absolute atomic E-state index is 12.3. The highest BCUT2D eigenvalue weighted by Gasteiger charge is 2.13. The first-order valence-corrected chi connectivity index (χ1v) is 11.9. The second kappa shape index (κ2) is 9.41. The number of nitrogens with zero attached hydrogens (tertiary/aromatic N) is 3. The van der Waals surface area contributed by atoms with Crippen molar-refractivity contribution in [3.63, 3.8) is 0 Å². The van der Waals surface area contributed by atoms with Gasteiger partial charge in [0.05, 0.1) is 10.6 Å². The third-order valence-corrected chi connectivity index (χ3v) is 6.93. The van der Waals surface area contributed by atoms with Crippen molar-refractivity contribution in [1.82, 2.24) is 20.1 Å². The van der Waals surface area contributed by atoms with Gasteiger partial charge in [-0.1, -0.05) is 35.6 Å². The lowest BCUT2D eigenvalue weighted by Gasteiger charge is -2.06. The molecule has 154 valence electrons. The summed E-state index contributed by atoms with van der Waals surface area (Å²) >= 11 is 4.26. The van der Waals surface area contributed by atoms with Gasteiger partial charge in [-0.15, -0.1) is 33.3 Å². The van der Waals surface area contributed by atoms with E-state index in [1.807, 2.05) is 54.9 Å². The van der Waals surface area contributed by atoms with Gasteiger partial charge in [-0.2, -0.15) is 0 Å². The molecule has 4 rings (SSSR count). The lowest BCUT2D eigenvalue weighted by Crippen LogP contribution is -2.26. The topological polar surface area (TPSA) is 88.9 Å². The second-order valence-corrected chi connectivity index (χ2v) is 9.55. The Morgan fingerprint density at radius 1 is 1.17 bits per heavy atom. The zero-order chi connectivity index (χ0) is 20.9. The molecule has 2 N–H and O–H groups in total. The molecule has 0 spiro atoms. The first kappa shape index (κ1) is 20.6. The molecule has 4 aromatic rings. The average Bonchev–Trinajstić information content (AvgIpc) is 3.48. The van der Waals surface area contributed by atoms with Crippen molar-refractivity contribution in [3.8, 4) is 0 Å². The number of thiophene rings is 1. The summed E-state index contributed by atoms with van der Waals surface area (Å²) in [5.41, 5.74) is 1.07. The summed E-state index contributed by atoms with van der Waals surface area (Å²) < 4.78 is 2.11. The van der Waals surface area contributed by atoms with Crippen molar-refractivity contribution in [2.24, 2.45) is 0 Å². The Labute approximate surface area is 185 Å². The number of aryl methyl sites for hydroxylation is 1. The number of aromatic nitrogens is 3. The summed E-state index contributed by atoms with van der Waals surface area (Å²) in [5, 5.41) is 17.9. The first-order chi connectivity index (χ1) is 14.6. The highest BCUT2D eigenvalue weighted by Crippen LogP contribution is 2.30. The quantitative estimate of drug-likeness (QED) is 0.390. The minimum absolute atomic E-state index is 0.0559. The van der Waals surface area contributed by atoms with Crippen molar-refractivity contribution in [1.29, 1.82) is 0 Å². The molecule has 1 aromatic carbocycles. The largest absolute Gasteiger partial charge is 0.350 e. The standard InChI is InChI=1S/C20H19N5O2S3/c1-13-23-24-20(30-13)22-18(26)12-29-17-11-25(15-6-3-2-5-14(15)17)9-8-21-19(27)16-7-4-10-28-16/h2-7,10-11H,8-9,12H2,1H3,(H,21,27)(H,22,24,26). The first-order valence-electron chi connectivity index (χ1n) is 9.22. The second-order valence-electron chi connectivity index (χ2n) is 6.40. The molecule has 7 nitrogen and oxygen atoms in total. The van der Waals surface area contributed by atoms with E-state index in [-0.39, 0.29) is 17.6 Å². The van der Waals surface area contributed by atoms with Crippen molar-refractivity contribution >= 4 is 62.3 Å². The van der Waals surface area contributed by atoms with E-state index in [0.29, 0.717) is 23.1 Å². The molecule has 0 saturated heterocycles. The highest BCUT2D eigenvalue weighted by atomic mass is 32.2.